The number of nitrogens with one attached hydrogen (secondary N) is 1. The maximum absolute atomic E-state index is 5.77. The van der Waals surface area contributed by atoms with Crippen LogP contribution in [0.5, 0.6) is 0 Å². The standard InChI is InChI=1S/C9H13ClN4/c1-4-5(2)12-8-7(11)6(3)13-9(10)14-8/h4-5H,1,11H2,2-3H3,(H,12,13,14). The monoisotopic (exact) mass is 212 g/mol. The third-order valence-electron chi connectivity index (χ3n) is 1.83. The van der Waals surface area contributed by atoms with Crippen molar-refractivity contribution < 1.29 is 0 Å². The number of nitrogens with zero attached hydrogens (tertiary/aromatic N) is 2. The van der Waals surface area contributed by atoms with E-state index in [9.17, 15) is 0 Å². The molecule has 0 aliphatic carbocycles. The molecule has 1 aromatic rings. The second-order valence-electron chi connectivity index (χ2n) is 3.01. The average Bonchev–Trinajstić information content (AvgIpc) is 2.13. The Balaban J connectivity index is 3.01. The van der Waals surface area contributed by atoms with Crippen LogP contribution in [0.15, 0.2) is 12.7 Å². The first-order valence-electron chi connectivity index (χ1n) is 4.23. The number of anilines is 2. The van der Waals surface area contributed by atoms with Crippen molar-refractivity contribution in [2.75, 3.05) is 11.1 Å². The van der Waals surface area contributed by atoms with Crippen LogP contribution in [0.25, 0.3) is 0 Å². The highest BCUT2D eigenvalue weighted by molar-refractivity contribution is 6.28. The fourth-order valence-corrected chi connectivity index (χ4v) is 1.14. The van der Waals surface area contributed by atoms with Crippen molar-refractivity contribution in [3.63, 3.8) is 0 Å². The molecule has 0 aliphatic rings. The molecule has 1 unspecified atom stereocenters. The number of nitrogen functional groups attached to an aromatic ring is 1. The lowest BCUT2D eigenvalue weighted by molar-refractivity contribution is 0.972. The first-order valence-corrected chi connectivity index (χ1v) is 4.61. The van der Waals surface area contributed by atoms with Crippen LogP contribution in [0.3, 0.4) is 0 Å². The molecule has 0 spiro atoms. The smallest absolute Gasteiger partial charge is 0.224 e. The molecule has 0 bridgehead atoms. The number of aryl methyl sites for hydroxylation is 1. The zero-order chi connectivity index (χ0) is 10.7. The first-order chi connectivity index (χ1) is 6.54. The lowest BCUT2D eigenvalue weighted by atomic mass is 10.3. The molecule has 0 aromatic carbocycles. The topological polar surface area (TPSA) is 63.8 Å². The molecule has 1 atom stereocenters. The Kier molecular flexibility index (Phi) is 3.30. The second-order valence-corrected chi connectivity index (χ2v) is 3.35. The van der Waals surface area contributed by atoms with Gasteiger partial charge in [-0.2, -0.15) is 4.98 Å². The van der Waals surface area contributed by atoms with Crippen molar-refractivity contribution >= 4 is 23.1 Å². The third-order valence-corrected chi connectivity index (χ3v) is 2.00. The normalized spacial score (nSPS) is 12.2. The Hall–Kier alpha value is -1.29. The molecule has 76 valence electrons. The summed E-state index contributed by atoms with van der Waals surface area (Å²) in [4.78, 5) is 7.92. The third kappa shape index (κ3) is 2.35. The summed E-state index contributed by atoms with van der Waals surface area (Å²) < 4.78 is 0. The number of nitrogens with two attached hydrogens (primary N) is 1. The molecular weight excluding hydrogens is 200 g/mol. The van der Waals surface area contributed by atoms with Gasteiger partial charge in [0.15, 0.2) is 5.82 Å². The summed E-state index contributed by atoms with van der Waals surface area (Å²) in [6, 6.07) is 0.0858. The predicted molar refractivity (Wildman–Crippen MR) is 59.5 cm³/mol. The number of aromatic nitrogens is 2. The van der Waals surface area contributed by atoms with Crippen molar-refractivity contribution in [2.24, 2.45) is 0 Å². The Morgan fingerprint density at radius 2 is 2.21 bits per heavy atom. The van der Waals surface area contributed by atoms with Gasteiger partial charge in [-0.1, -0.05) is 6.08 Å². The summed E-state index contributed by atoms with van der Waals surface area (Å²) >= 11 is 5.71. The molecule has 0 saturated carbocycles. The van der Waals surface area contributed by atoms with Gasteiger partial charge in [0.1, 0.15) is 0 Å². The van der Waals surface area contributed by atoms with Crippen LogP contribution >= 0.6 is 11.6 Å². The average molecular weight is 213 g/mol. The largest absolute Gasteiger partial charge is 0.394 e. The van der Waals surface area contributed by atoms with Gasteiger partial charge >= 0.3 is 0 Å². The van der Waals surface area contributed by atoms with E-state index in [1.807, 2.05) is 6.92 Å². The van der Waals surface area contributed by atoms with Gasteiger partial charge in [-0.05, 0) is 25.4 Å². The zero-order valence-corrected chi connectivity index (χ0v) is 8.97. The van der Waals surface area contributed by atoms with E-state index in [0.29, 0.717) is 17.2 Å². The van der Waals surface area contributed by atoms with Crippen molar-refractivity contribution in [1.82, 2.24) is 9.97 Å². The number of hydrogen-bond donors (Lipinski definition) is 2. The Morgan fingerprint density at radius 3 is 2.79 bits per heavy atom. The number of hydrogen-bond acceptors (Lipinski definition) is 4. The fourth-order valence-electron chi connectivity index (χ4n) is 0.932. The number of halogens is 1. The summed E-state index contributed by atoms with van der Waals surface area (Å²) in [6.45, 7) is 7.38. The molecule has 1 rings (SSSR count). The molecular formula is C9H13ClN4. The minimum atomic E-state index is 0.0858. The van der Waals surface area contributed by atoms with Crippen LogP contribution in [0, 0.1) is 6.92 Å². The lowest BCUT2D eigenvalue weighted by Gasteiger charge is -2.13. The summed E-state index contributed by atoms with van der Waals surface area (Å²) in [5, 5.41) is 3.25. The van der Waals surface area contributed by atoms with Gasteiger partial charge in [0.25, 0.3) is 0 Å². The van der Waals surface area contributed by atoms with E-state index < -0.39 is 0 Å². The minimum absolute atomic E-state index is 0.0858. The zero-order valence-electron chi connectivity index (χ0n) is 8.21. The van der Waals surface area contributed by atoms with Gasteiger partial charge in [0, 0.05) is 6.04 Å². The van der Waals surface area contributed by atoms with Gasteiger partial charge in [0.2, 0.25) is 5.28 Å². The Labute approximate surface area is 88.2 Å². The van der Waals surface area contributed by atoms with Crippen molar-refractivity contribution in [3.8, 4) is 0 Å². The highest BCUT2D eigenvalue weighted by atomic mass is 35.5. The van der Waals surface area contributed by atoms with Crippen LogP contribution in [0.1, 0.15) is 12.6 Å². The summed E-state index contributed by atoms with van der Waals surface area (Å²) in [7, 11) is 0. The summed E-state index contributed by atoms with van der Waals surface area (Å²) in [5.74, 6) is 0.551. The molecule has 5 heteroatoms. The number of rotatable bonds is 3. The molecule has 0 saturated heterocycles. The quantitative estimate of drug-likeness (QED) is 0.594. The van der Waals surface area contributed by atoms with Crippen LogP contribution in [-0.2, 0) is 0 Å². The SMILES string of the molecule is C=CC(C)Nc1nc(Cl)nc(C)c1N. The van der Waals surface area contributed by atoms with Crippen LogP contribution < -0.4 is 11.1 Å². The fraction of sp³-hybridized carbons (Fsp3) is 0.333. The molecule has 0 radical (unpaired) electrons. The van der Waals surface area contributed by atoms with Gasteiger partial charge < -0.3 is 11.1 Å². The van der Waals surface area contributed by atoms with Crippen molar-refractivity contribution in [3.05, 3.63) is 23.6 Å². The van der Waals surface area contributed by atoms with Gasteiger partial charge in [0.05, 0.1) is 11.4 Å². The van der Waals surface area contributed by atoms with E-state index >= 15 is 0 Å². The van der Waals surface area contributed by atoms with Crippen LogP contribution in [-0.4, -0.2) is 16.0 Å². The molecule has 0 amide bonds. The molecule has 3 N–H and O–H groups in total. The molecule has 1 heterocycles. The van der Waals surface area contributed by atoms with E-state index in [1.165, 1.54) is 0 Å². The van der Waals surface area contributed by atoms with E-state index in [-0.39, 0.29) is 11.3 Å². The van der Waals surface area contributed by atoms with E-state index in [1.54, 1.807) is 13.0 Å². The molecule has 4 nitrogen and oxygen atoms in total. The van der Waals surface area contributed by atoms with Crippen molar-refractivity contribution in [2.45, 2.75) is 19.9 Å². The van der Waals surface area contributed by atoms with E-state index in [2.05, 4.69) is 21.9 Å². The minimum Gasteiger partial charge on any atom is -0.394 e. The van der Waals surface area contributed by atoms with Crippen LogP contribution in [0.4, 0.5) is 11.5 Å². The maximum Gasteiger partial charge on any atom is 0.224 e. The molecule has 14 heavy (non-hydrogen) atoms. The molecule has 1 aromatic heterocycles. The highest BCUT2D eigenvalue weighted by Crippen LogP contribution is 2.21. The first kappa shape index (κ1) is 10.8. The van der Waals surface area contributed by atoms with Gasteiger partial charge in [-0.3, -0.25) is 0 Å². The summed E-state index contributed by atoms with van der Waals surface area (Å²) in [6.07, 6.45) is 1.75. The maximum atomic E-state index is 5.77. The van der Waals surface area contributed by atoms with E-state index in [4.69, 9.17) is 17.3 Å². The molecule has 0 fully saturated rings. The highest BCUT2D eigenvalue weighted by Gasteiger charge is 2.08. The second kappa shape index (κ2) is 4.28. The summed E-state index contributed by atoms with van der Waals surface area (Å²) in [5.41, 5.74) is 6.96. The molecule has 0 aliphatic heterocycles. The predicted octanol–water partition coefficient (Wildman–Crippen LogP) is 2.01. The lowest BCUT2D eigenvalue weighted by Crippen LogP contribution is -2.15. The van der Waals surface area contributed by atoms with Crippen molar-refractivity contribution in [1.29, 1.82) is 0 Å². The Morgan fingerprint density at radius 1 is 1.57 bits per heavy atom. The van der Waals surface area contributed by atoms with Gasteiger partial charge in [-0.25, -0.2) is 4.98 Å². The Bertz CT molecular complexity index is 351. The van der Waals surface area contributed by atoms with Gasteiger partial charge in [-0.15, -0.1) is 6.58 Å². The van der Waals surface area contributed by atoms with E-state index in [0.717, 1.165) is 0 Å². The van der Waals surface area contributed by atoms with Crippen LogP contribution in [0.2, 0.25) is 5.28 Å².